The average Bonchev–Trinajstić information content (AvgIpc) is 3.48. The van der Waals surface area contributed by atoms with Gasteiger partial charge in [0.25, 0.3) is 0 Å². The largest absolute Gasteiger partial charge is 0.374 e. The lowest BCUT2D eigenvalue weighted by Gasteiger charge is -2.28. The Morgan fingerprint density at radius 1 is 0.931 bits per heavy atom. The van der Waals surface area contributed by atoms with Gasteiger partial charge < -0.3 is 5.32 Å². The molecule has 1 nitrogen and oxygen atoms in total. The zero-order valence-corrected chi connectivity index (χ0v) is 17.8. The summed E-state index contributed by atoms with van der Waals surface area (Å²) in [5.74, 6) is 0.631. The fourth-order valence-corrected chi connectivity index (χ4v) is 4.60. The molecule has 29 heavy (non-hydrogen) atoms. The van der Waals surface area contributed by atoms with Gasteiger partial charge in [0.05, 0.1) is 6.04 Å². The van der Waals surface area contributed by atoms with Gasteiger partial charge in [-0.1, -0.05) is 68.0 Å². The molecule has 146 valence electrons. The van der Waals surface area contributed by atoms with E-state index in [4.69, 9.17) is 0 Å². The second kappa shape index (κ2) is 6.91. The summed E-state index contributed by atoms with van der Waals surface area (Å²) in [5.41, 5.74) is 13.9. The number of fused-ring (bicyclic) bond motifs is 2. The fraction of sp³-hybridized carbons (Fsp3) is 0.286. The molecule has 0 fully saturated rings. The molecule has 1 heterocycles. The minimum atomic E-state index is 0.256. The summed E-state index contributed by atoms with van der Waals surface area (Å²) in [6.07, 6.45) is 4.74. The fourth-order valence-electron chi connectivity index (χ4n) is 4.60. The maximum Gasteiger partial charge on any atom is 0.0704 e. The number of nitrogens with one attached hydrogen (secondary N) is 1. The van der Waals surface area contributed by atoms with Gasteiger partial charge in [-0.25, -0.2) is 0 Å². The van der Waals surface area contributed by atoms with E-state index >= 15 is 0 Å². The first-order chi connectivity index (χ1) is 14.0. The summed E-state index contributed by atoms with van der Waals surface area (Å²) < 4.78 is 0. The van der Waals surface area contributed by atoms with Gasteiger partial charge in [-0.2, -0.15) is 0 Å². The Kier molecular flexibility index (Phi) is 4.35. The molecular formula is C28H29N. The second-order valence-corrected chi connectivity index (χ2v) is 9.19. The molecule has 5 rings (SSSR count). The summed E-state index contributed by atoms with van der Waals surface area (Å²) in [6.45, 7) is 9.01. The predicted molar refractivity (Wildman–Crippen MR) is 124 cm³/mol. The van der Waals surface area contributed by atoms with E-state index in [0.717, 1.165) is 6.42 Å². The first kappa shape index (κ1) is 18.2. The van der Waals surface area contributed by atoms with Crippen molar-refractivity contribution in [2.75, 3.05) is 5.32 Å². The van der Waals surface area contributed by atoms with Crippen LogP contribution in [0.3, 0.4) is 0 Å². The van der Waals surface area contributed by atoms with Crippen molar-refractivity contribution in [1.29, 1.82) is 0 Å². The number of rotatable bonds is 4. The molecule has 1 atom stereocenters. The minimum Gasteiger partial charge on any atom is -0.374 e. The van der Waals surface area contributed by atoms with Gasteiger partial charge in [0.15, 0.2) is 0 Å². The van der Waals surface area contributed by atoms with Crippen LogP contribution in [0.15, 0.2) is 60.7 Å². The number of aryl methyl sites for hydroxylation is 2. The molecule has 1 aliphatic carbocycles. The van der Waals surface area contributed by atoms with E-state index in [1.165, 1.54) is 56.6 Å². The van der Waals surface area contributed by atoms with Crippen LogP contribution in [0.25, 0.3) is 16.7 Å². The molecule has 3 aromatic carbocycles. The van der Waals surface area contributed by atoms with Crippen LogP contribution in [0.4, 0.5) is 5.69 Å². The lowest BCUT2D eigenvalue weighted by atomic mass is 9.87. The van der Waals surface area contributed by atoms with E-state index in [1.807, 2.05) is 0 Å². The Labute approximate surface area is 174 Å². The zero-order valence-electron chi connectivity index (χ0n) is 17.8. The molecule has 0 radical (unpaired) electrons. The Morgan fingerprint density at radius 2 is 1.69 bits per heavy atom. The van der Waals surface area contributed by atoms with Crippen molar-refractivity contribution < 1.29 is 0 Å². The topological polar surface area (TPSA) is 12.0 Å². The van der Waals surface area contributed by atoms with Crippen molar-refractivity contribution >= 4 is 11.3 Å². The molecule has 0 saturated heterocycles. The molecule has 0 saturated carbocycles. The maximum absolute atomic E-state index is 3.81. The van der Waals surface area contributed by atoms with E-state index in [1.54, 1.807) is 5.56 Å². The number of allylic oxidation sites excluding steroid dienone is 1. The number of anilines is 1. The highest BCUT2D eigenvalue weighted by Gasteiger charge is 2.25. The maximum atomic E-state index is 3.81. The molecule has 1 heteroatoms. The van der Waals surface area contributed by atoms with Crippen LogP contribution in [-0.4, -0.2) is 0 Å². The molecule has 1 N–H and O–H groups in total. The third-order valence-corrected chi connectivity index (χ3v) is 6.25. The van der Waals surface area contributed by atoms with Crippen molar-refractivity contribution in [3.8, 4) is 11.1 Å². The summed E-state index contributed by atoms with van der Waals surface area (Å²) in [4.78, 5) is 0. The van der Waals surface area contributed by atoms with Gasteiger partial charge in [-0.15, -0.1) is 0 Å². The Bertz CT molecular complexity index is 1120. The van der Waals surface area contributed by atoms with Gasteiger partial charge >= 0.3 is 0 Å². The van der Waals surface area contributed by atoms with Crippen LogP contribution in [0, 0.1) is 19.8 Å². The van der Waals surface area contributed by atoms with Crippen LogP contribution in [0.5, 0.6) is 0 Å². The van der Waals surface area contributed by atoms with E-state index < -0.39 is 0 Å². The average molecular weight is 380 g/mol. The van der Waals surface area contributed by atoms with E-state index in [0.29, 0.717) is 5.92 Å². The molecule has 2 aliphatic rings. The monoisotopic (exact) mass is 379 g/mol. The molecule has 0 bridgehead atoms. The zero-order chi connectivity index (χ0) is 20.1. The van der Waals surface area contributed by atoms with Crippen molar-refractivity contribution in [2.45, 2.75) is 46.6 Å². The van der Waals surface area contributed by atoms with Crippen LogP contribution < -0.4 is 5.32 Å². The Morgan fingerprint density at radius 3 is 2.41 bits per heavy atom. The molecule has 3 aromatic rings. The molecule has 1 aliphatic heterocycles. The van der Waals surface area contributed by atoms with Gasteiger partial charge in [-0.05, 0) is 83.7 Å². The van der Waals surface area contributed by atoms with Crippen LogP contribution in [-0.2, 0) is 6.42 Å². The quantitative estimate of drug-likeness (QED) is 0.388. The van der Waals surface area contributed by atoms with Crippen molar-refractivity contribution in [3.63, 3.8) is 0 Å². The number of hydrogen-bond donors (Lipinski definition) is 1. The third-order valence-electron chi connectivity index (χ3n) is 6.25. The predicted octanol–water partition coefficient (Wildman–Crippen LogP) is 7.47. The number of benzene rings is 3. The standard InChI is InChI=1S/C28H29N/c1-17(2)11-22-16-28(24-12-19(4)25-15-23(25)13-24)29-27-10-9-21(14-26(22)27)20-7-5-18(3)6-8-20/h5-10,12-14,16-17,28-29H,11,15H2,1-4H3. The van der Waals surface area contributed by atoms with Crippen molar-refractivity contribution in [3.05, 3.63) is 94.1 Å². The van der Waals surface area contributed by atoms with E-state index in [-0.39, 0.29) is 6.04 Å². The molecule has 0 aromatic heterocycles. The first-order valence-corrected chi connectivity index (χ1v) is 10.8. The highest BCUT2D eigenvalue weighted by molar-refractivity contribution is 5.84. The second-order valence-electron chi connectivity index (χ2n) is 9.19. The lowest BCUT2D eigenvalue weighted by molar-refractivity contribution is 0.670. The molecule has 0 spiro atoms. The molecule has 0 amide bonds. The molecule has 1 unspecified atom stereocenters. The van der Waals surface area contributed by atoms with Gasteiger partial charge in [0.2, 0.25) is 0 Å². The van der Waals surface area contributed by atoms with Gasteiger partial charge in [0.1, 0.15) is 0 Å². The first-order valence-electron chi connectivity index (χ1n) is 10.8. The van der Waals surface area contributed by atoms with Crippen LogP contribution >= 0.6 is 0 Å². The van der Waals surface area contributed by atoms with Crippen molar-refractivity contribution in [2.24, 2.45) is 5.92 Å². The SMILES string of the molecule is Cc1ccc(-c2ccc3c(c2)C(CC(C)C)=CC(c2cc(C)c4c(c2)C4)N3)cc1. The van der Waals surface area contributed by atoms with Crippen molar-refractivity contribution in [1.82, 2.24) is 0 Å². The summed E-state index contributed by atoms with van der Waals surface area (Å²) >= 11 is 0. The van der Waals surface area contributed by atoms with E-state index in [9.17, 15) is 0 Å². The number of hydrogen-bond acceptors (Lipinski definition) is 1. The normalized spacial score (nSPS) is 16.7. The van der Waals surface area contributed by atoms with Gasteiger partial charge in [-0.3, -0.25) is 0 Å². The lowest BCUT2D eigenvalue weighted by Crippen LogP contribution is -2.15. The van der Waals surface area contributed by atoms with E-state index in [2.05, 4.69) is 93.7 Å². The highest BCUT2D eigenvalue weighted by Crippen LogP contribution is 2.42. The van der Waals surface area contributed by atoms with Crippen LogP contribution in [0.2, 0.25) is 0 Å². The highest BCUT2D eigenvalue weighted by atomic mass is 14.9. The summed E-state index contributed by atoms with van der Waals surface area (Å²) in [6, 6.07) is 20.8. The van der Waals surface area contributed by atoms with Gasteiger partial charge in [0, 0.05) is 11.3 Å². The summed E-state index contributed by atoms with van der Waals surface area (Å²) in [7, 11) is 0. The Balaban J connectivity index is 1.55. The third kappa shape index (κ3) is 3.51. The smallest absolute Gasteiger partial charge is 0.0704 e. The molecular weight excluding hydrogens is 350 g/mol. The minimum absolute atomic E-state index is 0.256. The van der Waals surface area contributed by atoms with Crippen LogP contribution in [0.1, 0.15) is 59.7 Å². The Hall–Kier alpha value is -2.80. The summed E-state index contributed by atoms with van der Waals surface area (Å²) in [5, 5.41) is 3.81.